The van der Waals surface area contributed by atoms with Crippen LogP contribution in [0.4, 0.5) is 0 Å². The zero-order valence-corrected chi connectivity index (χ0v) is 12.3. The van der Waals surface area contributed by atoms with E-state index in [4.69, 9.17) is 11.6 Å². The zero-order valence-electron chi connectivity index (χ0n) is 11.6. The number of nitrogens with zero attached hydrogens (tertiary/aromatic N) is 3. The molecule has 1 rings (SSSR count). The Morgan fingerprint density at radius 3 is 2.16 bits per heavy atom. The second-order valence-electron chi connectivity index (χ2n) is 4.53. The highest BCUT2D eigenvalue weighted by Gasteiger charge is 2.11. The van der Waals surface area contributed by atoms with Gasteiger partial charge in [0.25, 0.3) is 5.91 Å². The highest BCUT2D eigenvalue weighted by Crippen LogP contribution is 2.19. The normalized spacial score (nSPS) is 11.7. The summed E-state index contributed by atoms with van der Waals surface area (Å²) in [5, 5.41) is 0.636. The van der Waals surface area contributed by atoms with E-state index in [1.54, 1.807) is 35.4 Å². The van der Waals surface area contributed by atoms with Crippen molar-refractivity contribution in [2.24, 2.45) is 4.99 Å². The SMILES string of the molecule is CN(C)C=NC(=O)/C(=C\N(C)C)c1ccc(Cl)cc1. The van der Waals surface area contributed by atoms with E-state index in [0.29, 0.717) is 10.6 Å². The highest BCUT2D eigenvalue weighted by molar-refractivity contribution is 6.30. The molecule has 0 aliphatic rings. The van der Waals surface area contributed by atoms with E-state index >= 15 is 0 Å². The number of rotatable bonds is 4. The van der Waals surface area contributed by atoms with E-state index in [-0.39, 0.29) is 5.91 Å². The molecule has 0 heterocycles. The molecule has 1 aromatic carbocycles. The van der Waals surface area contributed by atoms with Crippen LogP contribution in [-0.2, 0) is 4.79 Å². The maximum atomic E-state index is 12.1. The van der Waals surface area contributed by atoms with Gasteiger partial charge in [-0.15, -0.1) is 0 Å². The summed E-state index contributed by atoms with van der Waals surface area (Å²) < 4.78 is 0. The zero-order chi connectivity index (χ0) is 14.4. The third-order valence-electron chi connectivity index (χ3n) is 2.18. The topological polar surface area (TPSA) is 35.9 Å². The van der Waals surface area contributed by atoms with Crippen LogP contribution in [0.1, 0.15) is 5.56 Å². The molecular formula is C14H18ClN3O. The van der Waals surface area contributed by atoms with Crippen LogP contribution in [0, 0.1) is 0 Å². The number of benzene rings is 1. The van der Waals surface area contributed by atoms with E-state index in [1.165, 1.54) is 6.34 Å². The third-order valence-corrected chi connectivity index (χ3v) is 2.43. The Bertz CT molecular complexity index is 490. The Hall–Kier alpha value is -1.81. The summed E-state index contributed by atoms with van der Waals surface area (Å²) in [4.78, 5) is 19.6. The molecule has 0 aromatic heterocycles. The Morgan fingerprint density at radius 2 is 1.68 bits per heavy atom. The summed E-state index contributed by atoms with van der Waals surface area (Å²) in [7, 11) is 7.35. The smallest absolute Gasteiger partial charge is 0.280 e. The molecule has 0 N–H and O–H groups in total. The predicted octanol–water partition coefficient (Wildman–Crippen LogP) is 2.36. The van der Waals surface area contributed by atoms with Gasteiger partial charge in [-0.25, -0.2) is 0 Å². The lowest BCUT2D eigenvalue weighted by atomic mass is 10.1. The fourth-order valence-corrected chi connectivity index (χ4v) is 1.50. The molecule has 4 nitrogen and oxygen atoms in total. The minimum atomic E-state index is -0.287. The monoisotopic (exact) mass is 279 g/mol. The van der Waals surface area contributed by atoms with E-state index in [1.807, 2.05) is 33.1 Å². The predicted molar refractivity (Wildman–Crippen MR) is 80.3 cm³/mol. The van der Waals surface area contributed by atoms with Gasteiger partial charge >= 0.3 is 0 Å². The summed E-state index contributed by atoms with van der Waals surface area (Å²) in [6, 6.07) is 7.12. The minimum absolute atomic E-state index is 0.287. The van der Waals surface area contributed by atoms with Crippen molar-refractivity contribution in [3.05, 3.63) is 41.1 Å². The van der Waals surface area contributed by atoms with Crippen molar-refractivity contribution in [1.29, 1.82) is 0 Å². The van der Waals surface area contributed by atoms with E-state index in [2.05, 4.69) is 4.99 Å². The average Bonchev–Trinajstić information content (AvgIpc) is 2.34. The van der Waals surface area contributed by atoms with Gasteiger partial charge < -0.3 is 9.80 Å². The number of hydrogen-bond donors (Lipinski definition) is 0. The molecule has 0 bridgehead atoms. The largest absolute Gasteiger partial charge is 0.383 e. The van der Waals surface area contributed by atoms with E-state index < -0.39 is 0 Å². The Balaban J connectivity index is 3.09. The van der Waals surface area contributed by atoms with E-state index in [9.17, 15) is 4.79 Å². The van der Waals surface area contributed by atoms with Gasteiger partial charge in [0, 0.05) is 39.4 Å². The molecule has 0 radical (unpaired) electrons. The Kier molecular flexibility index (Phi) is 5.57. The quantitative estimate of drug-likeness (QED) is 0.482. The van der Waals surface area contributed by atoms with Gasteiger partial charge in [0.1, 0.15) is 0 Å². The van der Waals surface area contributed by atoms with Gasteiger partial charge in [-0.1, -0.05) is 23.7 Å². The lowest BCUT2D eigenvalue weighted by molar-refractivity contribution is -0.112. The molecular weight excluding hydrogens is 262 g/mol. The molecule has 1 amide bonds. The second-order valence-corrected chi connectivity index (χ2v) is 4.96. The number of carbonyl (C=O) groups is 1. The molecule has 0 aliphatic heterocycles. The Morgan fingerprint density at radius 1 is 1.11 bits per heavy atom. The summed E-state index contributed by atoms with van der Waals surface area (Å²) in [5.74, 6) is -0.287. The number of aliphatic imine (C=N–C) groups is 1. The van der Waals surface area contributed by atoms with Gasteiger partial charge in [0.2, 0.25) is 0 Å². The maximum Gasteiger partial charge on any atom is 0.280 e. The molecule has 1 aromatic rings. The molecule has 5 heteroatoms. The van der Waals surface area contributed by atoms with Gasteiger partial charge in [-0.3, -0.25) is 4.79 Å². The first-order chi connectivity index (χ1) is 8.90. The third kappa shape index (κ3) is 5.14. The molecule has 0 unspecified atom stereocenters. The lowest BCUT2D eigenvalue weighted by Gasteiger charge is -2.10. The van der Waals surface area contributed by atoms with Crippen LogP contribution in [0.2, 0.25) is 5.02 Å². The maximum absolute atomic E-state index is 12.1. The molecule has 0 saturated heterocycles. The van der Waals surface area contributed by atoms with Gasteiger partial charge in [0.05, 0.1) is 11.9 Å². The van der Waals surface area contributed by atoms with Crippen LogP contribution in [0.3, 0.4) is 0 Å². The van der Waals surface area contributed by atoms with Crippen LogP contribution in [0.15, 0.2) is 35.5 Å². The van der Waals surface area contributed by atoms with Crippen molar-refractivity contribution in [1.82, 2.24) is 9.80 Å². The van der Waals surface area contributed by atoms with Crippen LogP contribution >= 0.6 is 11.6 Å². The fourth-order valence-electron chi connectivity index (χ4n) is 1.38. The van der Waals surface area contributed by atoms with Gasteiger partial charge in [-0.05, 0) is 17.7 Å². The number of halogens is 1. The highest BCUT2D eigenvalue weighted by atomic mass is 35.5. The van der Waals surface area contributed by atoms with Crippen molar-refractivity contribution in [2.75, 3.05) is 28.2 Å². The van der Waals surface area contributed by atoms with Gasteiger partial charge in [-0.2, -0.15) is 4.99 Å². The summed E-state index contributed by atoms with van der Waals surface area (Å²) in [5.41, 5.74) is 1.32. The van der Waals surface area contributed by atoms with Crippen molar-refractivity contribution >= 4 is 29.4 Å². The molecule has 19 heavy (non-hydrogen) atoms. The van der Waals surface area contributed by atoms with Crippen LogP contribution < -0.4 is 0 Å². The second kappa shape index (κ2) is 6.95. The first kappa shape index (κ1) is 15.2. The van der Waals surface area contributed by atoms with Crippen molar-refractivity contribution in [3.63, 3.8) is 0 Å². The van der Waals surface area contributed by atoms with Crippen LogP contribution in [0.25, 0.3) is 5.57 Å². The molecule has 0 spiro atoms. The molecule has 0 fully saturated rings. The first-order valence-corrected chi connectivity index (χ1v) is 6.17. The van der Waals surface area contributed by atoms with E-state index in [0.717, 1.165) is 5.56 Å². The minimum Gasteiger partial charge on any atom is -0.383 e. The average molecular weight is 280 g/mol. The van der Waals surface area contributed by atoms with Crippen LogP contribution in [0.5, 0.6) is 0 Å². The standard InChI is InChI=1S/C14H18ClN3O/c1-17(2)9-13(14(19)16-10-18(3)4)11-5-7-12(15)8-6-11/h5-10H,1-4H3/b13-9-,16-10?. The Labute approximate surface area is 119 Å². The molecule has 0 saturated carbocycles. The lowest BCUT2D eigenvalue weighted by Crippen LogP contribution is -2.12. The summed E-state index contributed by atoms with van der Waals surface area (Å²) in [6.45, 7) is 0. The van der Waals surface area contributed by atoms with Crippen molar-refractivity contribution < 1.29 is 4.79 Å². The first-order valence-electron chi connectivity index (χ1n) is 5.79. The molecule has 0 atom stereocenters. The van der Waals surface area contributed by atoms with Crippen LogP contribution in [-0.4, -0.2) is 50.2 Å². The summed E-state index contributed by atoms with van der Waals surface area (Å²) >= 11 is 5.85. The molecule has 0 aliphatic carbocycles. The number of carbonyl (C=O) groups excluding carboxylic acids is 1. The molecule has 102 valence electrons. The van der Waals surface area contributed by atoms with Crippen molar-refractivity contribution in [2.45, 2.75) is 0 Å². The number of amides is 1. The number of hydrogen-bond acceptors (Lipinski definition) is 2. The summed E-state index contributed by atoms with van der Waals surface area (Å²) in [6.07, 6.45) is 3.24. The van der Waals surface area contributed by atoms with Gasteiger partial charge in [0.15, 0.2) is 0 Å². The fraction of sp³-hybridized carbons (Fsp3) is 0.286. The van der Waals surface area contributed by atoms with Crippen molar-refractivity contribution in [3.8, 4) is 0 Å².